The lowest BCUT2D eigenvalue weighted by Gasteiger charge is -2.32. The lowest BCUT2D eigenvalue weighted by Crippen LogP contribution is -3.15. The summed E-state index contributed by atoms with van der Waals surface area (Å²) in [4.78, 5) is 7.85. The molecule has 1 N–H and O–H groups in total. The Kier molecular flexibility index (Phi) is 4.40. The number of hydrogen-bond donors (Lipinski definition) is 1. The Bertz CT molecular complexity index is 390. The highest BCUT2D eigenvalue weighted by Gasteiger charge is 2.29. The third-order valence-electron chi connectivity index (χ3n) is 3.77. The number of nitrogens with zero attached hydrogens (tertiary/aromatic N) is 2. The van der Waals surface area contributed by atoms with Gasteiger partial charge in [0.25, 0.3) is 0 Å². The Morgan fingerprint density at radius 2 is 2.00 bits per heavy atom. The van der Waals surface area contributed by atoms with Crippen LogP contribution < -0.4 is 22.2 Å². The first-order valence-corrected chi connectivity index (χ1v) is 6.52. The molecule has 100 valence electrons. The standard InChI is InChI=1S/C13H18FN3.ClH/c14-12-2-1-3-13(15-12)17-8-6-16(7-9-17)10-11-4-5-11;/h1-3,11H,4-10H2;1H. The van der Waals surface area contributed by atoms with Gasteiger partial charge in [-0.3, -0.25) is 0 Å². The van der Waals surface area contributed by atoms with Crippen LogP contribution in [0.15, 0.2) is 18.2 Å². The third-order valence-corrected chi connectivity index (χ3v) is 3.77. The van der Waals surface area contributed by atoms with E-state index in [4.69, 9.17) is 0 Å². The molecule has 0 radical (unpaired) electrons. The summed E-state index contributed by atoms with van der Waals surface area (Å²) in [7, 11) is 0. The van der Waals surface area contributed by atoms with Gasteiger partial charge in [-0.2, -0.15) is 4.39 Å². The number of nitrogens with one attached hydrogen (secondary N) is 1. The van der Waals surface area contributed by atoms with Crippen LogP contribution in [-0.2, 0) is 0 Å². The van der Waals surface area contributed by atoms with Crippen LogP contribution in [0.4, 0.5) is 10.2 Å². The summed E-state index contributed by atoms with van der Waals surface area (Å²) >= 11 is 0. The number of halogens is 2. The highest BCUT2D eigenvalue weighted by Crippen LogP contribution is 2.26. The van der Waals surface area contributed by atoms with Gasteiger partial charge in [-0.15, -0.1) is 0 Å². The summed E-state index contributed by atoms with van der Waals surface area (Å²) in [5.41, 5.74) is 0. The maximum absolute atomic E-state index is 13.0. The molecule has 0 bridgehead atoms. The first kappa shape index (κ1) is 13.6. The van der Waals surface area contributed by atoms with Crippen molar-refractivity contribution < 1.29 is 21.7 Å². The van der Waals surface area contributed by atoms with E-state index in [0.717, 1.165) is 37.9 Å². The Morgan fingerprint density at radius 3 is 2.61 bits per heavy atom. The normalized spacial score (nSPS) is 20.6. The zero-order valence-corrected chi connectivity index (χ0v) is 11.2. The van der Waals surface area contributed by atoms with Gasteiger partial charge in [-0.25, -0.2) is 4.98 Å². The van der Waals surface area contributed by atoms with Crippen molar-refractivity contribution >= 4 is 5.82 Å². The number of anilines is 1. The number of quaternary nitrogens is 1. The SMILES string of the molecule is Fc1cccc(N2CC[NH+](CC3CC3)CC2)n1.[Cl-]. The van der Waals surface area contributed by atoms with E-state index >= 15 is 0 Å². The molecule has 1 aromatic heterocycles. The van der Waals surface area contributed by atoms with Gasteiger partial charge >= 0.3 is 0 Å². The summed E-state index contributed by atoms with van der Waals surface area (Å²) in [5.74, 6) is 1.40. The second kappa shape index (κ2) is 5.85. The highest BCUT2D eigenvalue weighted by atomic mass is 35.5. The molecule has 5 heteroatoms. The van der Waals surface area contributed by atoms with Crippen LogP contribution in [0.2, 0.25) is 0 Å². The summed E-state index contributed by atoms with van der Waals surface area (Å²) in [6.45, 7) is 5.66. The van der Waals surface area contributed by atoms with Crippen LogP contribution in [-0.4, -0.2) is 37.7 Å². The molecule has 0 unspecified atom stereocenters. The van der Waals surface area contributed by atoms with E-state index < -0.39 is 0 Å². The smallest absolute Gasteiger partial charge is 0.214 e. The fourth-order valence-corrected chi connectivity index (χ4v) is 2.56. The van der Waals surface area contributed by atoms with E-state index in [-0.39, 0.29) is 18.4 Å². The highest BCUT2D eigenvalue weighted by molar-refractivity contribution is 5.37. The molecule has 3 rings (SSSR count). The van der Waals surface area contributed by atoms with Crippen LogP contribution in [0.3, 0.4) is 0 Å². The Morgan fingerprint density at radius 1 is 1.28 bits per heavy atom. The molecule has 2 fully saturated rings. The second-order valence-corrected chi connectivity index (χ2v) is 5.20. The van der Waals surface area contributed by atoms with Crippen molar-refractivity contribution in [1.29, 1.82) is 0 Å². The van der Waals surface area contributed by atoms with Crippen molar-refractivity contribution in [2.24, 2.45) is 5.92 Å². The summed E-state index contributed by atoms with van der Waals surface area (Å²) in [5, 5.41) is 0. The van der Waals surface area contributed by atoms with E-state index in [2.05, 4.69) is 9.88 Å². The van der Waals surface area contributed by atoms with Gasteiger partial charge in [0.2, 0.25) is 5.95 Å². The molecular weight excluding hydrogens is 253 g/mol. The van der Waals surface area contributed by atoms with Gasteiger partial charge < -0.3 is 22.2 Å². The Labute approximate surface area is 113 Å². The molecule has 0 atom stereocenters. The average Bonchev–Trinajstić information content (AvgIpc) is 3.14. The number of aromatic nitrogens is 1. The monoisotopic (exact) mass is 271 g/mol. The molecular formula is C13H19ClFN3. The van der Waals surface area contributed by atoms with E-state index in [0.29, 0.717) is 0 Å². The van der Waals surface area contributed by atoms with Crippen LogP contribution >= 0.6 is 0 Å². The zero-order chi connectivity index (χ0) is 11.7. The van der Waals surface area contributed by atoms with Gasteiger partial charge in [0.1, 0.15) is 5.82 Å². The van der Waals surface area contributed by atoms with Gasteiger partial charge in [0.05, 0.1) is 32.7 Å². The summed E-state index contributed by atoms with van der Waals surface area (Å²) in [6, 6.07) is 5.04. The minimum Gasteiger partial charge on any atom is -1.00 e. The Balaban J connectivity index is 0.00000120. The topological polar surface area (TPSA) is 20.6 Å². The van der Waals surface area contributed by atoms with Crippen LogP contribution in [0.1, 0.15) is 12.8 Å². The minimum atomic E-state index is -0.379. The number of pyridine rings is 1. The van der Waals surface area contributed by atoms with Crippen molar-refractivity contribution in [3.8, 4) is 0 Å². The van der Waals surface area contributed by atoms with Gasteiger partial charge in [-0.1, -0.05) is 6.07 Å². The molecule has 18 heavy (non-hydrogen) atoms. The maximum atomic E-state index is 13.0. The summed E-state index contributed by atoms with van der Waals surface area (Å²) in [6.07, 6.45) is 2.86. The molecule has 2 heterocycles. The van der Waals surface area contributed by atoms with Gasteiger partial charge in [0.15, 0.2) is 0 Å². The second-order valence-electron chi connectivity index (χ2n) is 5.20. The van der Waals surface area contributed by atoms with E-state index in [1.54, 1.807) is 11.0 Å². The molecule has 1 aliphatic carbocycles. The van der Waals surface area contributed by atoms with Gasteiger partial charge in [0, 0.05) is 5.92 Å². The average molecular weight is 272 g/mol. The largest absolute Gasteiger partial charge is 1.00 e. The minimum absolute atomic E-state index is 0. The lowest BCUT2D eigenvalue weighted by molar-refractivity contribution is -0.902. The van der Waals surface area contributed by atoms with Crippen molar-refractivity contribution in [3.63, 3.8) is 0 Å². The zero-order valence-electron chi connectivity index (χ0n) is 10.4. The Hall–Kier alpha value is -0.870. The van der Waals surface area contributed by atoms with Crippen LogP contribution in [0.25, 0.3) is 0 Å². The fourth-order valence-electron chi connectivity index (χ4n) is 2.56. The van der Waals surface area contributed by atoms with Crippen LogP contribution in [0.5, 0.6) is 0 Å². The molecule has 1 saturated carbocycles. The number of rotatable bonds is 3. The predicted molar refractivity (Wildman–Crippen MR) is 64.7 cm³/mol. The molecule has 0 spiro atoms. The fraction of sp³-hybridized carbons (Fsp3) is 0.615. The summed E-state index contributed by atoms with van der Waals surface area (Å²) < 4.78 is 13.0. The van der Waals surface area contributed by atoms with Gasteiger partial charge in [-0.05, 0) is 25.0 Å². The molecule has 1 saturated heterocycles. The molecule has 1 aliphatic heterocycles. The molecule has 0 aromatic carbocycles. The van der Waals surface area contributed by atoms with Crippen molar-refractivity contribution in [2.45, 2.75) is 12.8 Å². The molecule has 3 nitrogen and oxygen atoms in total. The predicted octanol–water partition coefficient (Wildman–Crippen LogP) is -2.66. The maximum Gasteiger partial charge on any atom is 0.214 e. The molecule has 0 amide bonds. The molecule has 1 aromatic rings. The number of piperazine rings is 1. The number of hydrogen-bond acceptors (Lipinski definition) is 2. The van der Waals surface area contributed by atoms with Crippen molar-refractivity contribution in [1.82, 2.24) is 4.98 Å². The first-order chi connectivity index (χ1) is 8.31. The van der Waals surface area contributed by atoms with E-state index in [1.165, 1.54) is 25.5 Å². The van der Waals surface area contributed by atoms with E-state index in [1.807, 2.05) is 6.07 Å². The van der Waals surface area contributed by atoms with Crippen LogP contribution in [0, 0.1) is 11.9 Å². The molecule has 2 aliphatic rings. The first-order valence-electron chi connectivity index (χ1n) is 6.52. The quantitative estimate of drug-likeness (QED) is 0.606. The van der Waals surface area contributed by atoms with Crippen molar-refractivity contribution in [2.75, 3.05) is 37.6 Å². The lowest BCUT2D eigenvalue weighted by atomic mass is 10.2. The third kappa shape index (κ3) is 3.33. The van der Waals surface area contributed by atoms with Crippen molar-refractivity contribution in [3.05, 3.63) is 24.1 Å². The van der Waals surface area contributed by atoms with E-state index in [9.17, 15) is 4.39 Å².